The number of hydrogen-bond acceptors (Lipinski definition) is 5. The van der Waals surface area contributed by atoms with E-state index in [1.165, 1.54) is 28.0 Å². The summed E-state index contributed by atoms with van der Waals surface area (Å²) >= 11 is 0. The fourth-order valence-electron chi connectivity index (χ4n) is 6.37. The molecule has 0 bridgehead atoms. The van der Waals surface area contributed by atoms with E-state index in [1.54, 1.807) is 26.2 Å². The zero-order valence-corrected chi connectivity index (χ0v) is 30.5. The number of halogens is 1. The van der Waals surface area contributed by atoms with Crippen LogP contribution < -0.4 is 10.6 Å². The van der Waals surface area contributed by atoms with E-state index < -0.39 is 12.1 Å². The zero-order chi connectivity index (χ0) is 36.3. The third-order valence-corrected chi connectivity index (χ3v) is 10.1. The Morgan fingerprint density at radius 3 is 2.10 bits per heavy atom. The molecule has 1 aliphatic heterocycles. The molecular formula is C41H54FN5O3. The lowest BCUT2D eigenvalue weighted by atomic mass is 9.98. The van der Waals surface area contributed by atoms with Crippen molar-refractivity contribution in [2.45, 2.75) is 76.0 Å². The van der Waals surface area contributed by atoms with Crippen molar-refractivity contribution in [3.63, 3.8) is 0 Å². The molecule has 1 saturated heterocycles. The van der Waals surface area contributed by atoms with Crippen molar-refractivity contribution in [3.8, 4) is 11.1 Å². The number of carbonyl (C=O) groups excluding carboxylic acids is 3. The normalized spacial score (nSPS) is 16.3. The summed E-state index contributed by atoms with van der Waals surface area (Å²) in [5, 5.41) is 6.31. The van der Waals surface area contributed by atoms with E-state index in [-0.39, 0.29) is 41.9 Å². The van der Waals surface area contributed by atoms with Gasteiger partial charge in [-0.3, -0.25) is 14.4 Å². The molecule has 3 unspecified atom stereocenters. The maximum atomic E-state index is 14.5. The lowest BCUT2D eigenvalue weighted by Crippen LogP contribution is -2.56. The first-order valence-corrected chi connectivity index (χ1v) is 17.6. The maximum Gasteiger partial charge on any atom is 0.246 e. The molecule has 50 heavy (non-hydrogen) atoms. The highest BCUT2D eigenvalue weighted by molar-refractivity contribution is 5.95. The number of hydrogen-bond donors (Lipinski definition) is 2. The number of benzene rings is 3. The van der Waals surface area contributed by atoms with E-state index in [0.29, 0.717) is 19.0 Å². The van der Waals surface area contributed by atoms with E-state index in [9.17, 15) is 18.8 Å². The van der Waals surface area contributed by atoms with Crippen LogP contribution >= 0.6 is 0 Å². The first kappa shape index (κ1) is 38.5. The summed E-state index contributed by atoms with van der Waals surface area (Å²) in [6.07, 6.45) is 7.48. The second-order valence-corrected chi connectivity index (χ2v) is 14.1. The highest BCUT2D eigenvalue weighted by atomic mass is 19.1. The van der Waals surface area contributed by atoms with Gasteiger partial charge >= 0.3 is 0 Å². The van der Waals surface area contributed by atoms with Crippen LogP contribution in [0.2, 0.25) is 0 Å². The molecule has 0 aliphatic carbocycles. The summed E-state index contributed by atoms with van der Waals surface area (Å²) in [5.74, 6) is -1.30. The topological polar surface area (TPSA) is 85.0 Å². The Hall–Kier alpha value is -4.34. The van der Waals surface area contributed by atoms with Gasteiger partial charge in [-0.2, -0.15) is 0 Å². The van der Waals surface area contributed by atoms with Crippen molar-refractivity contribution in [1.82, 2.24) is 25.3 Å². The second kappa shape index (κ2) is 18.1. The van der Waals surface area contributed by atoms with Crippen LogP contribution in [0, 0.1) is 5.82 Å². The van der Waals surface area contributed by atoms with Crippen LogP contribution in [0.25, 0.3) is 11.1 Å². The first-order valence-electron chi connectivity index (χ1n) is 17.6. The smallest absolute Gasteiger partial charge is 0.246 e. The number of likely N-dealkylation sites (N-methyl/N-ethyl adjacent to an activating group) is 2. The van der Waals surface area contributed by atoms with E-state index in [0.717, 1.165) is 48.1 Å². The highest BCUT2D eigenvalue weighted by Gasteiger charge is 2.35. The molecule has 0 aromatic heterocycles. The van der Waals surface area contributed by atoms with Crippen LogP contribution in [0.4, 0.5) is 4.39 Å². The van der Waals surface area contributed by atoms with Crippen molar-refractivity contribution < 1.29 is 18.8 Å². The van der Waals surface area contributed by atoms with E-state index >= 15 is 0 Å². The molecule has 1 aliphatic rings. The second-order valence-electron chi connectivity index (χ2n) is 14.1. The van der Waals surface area contributed by atoms with Crippen LogP contribution in [0.3, 0.4) is 0 Å². The average Bonchev–Trinajstić information content (AvgIpc) is 3.53. The first-order chi connectivity index (χ1) is 23.9. The third kappa shape index (κ3) is 10.8. The molecule has 0 radical (unpaired) electrons. The van der Waals surface area contributed by atoms with Gasteiger partial charge in [0, 0.05) is 45.1 Å². The summed E-state index contributed by atoms with van der Waals surface area (Å²) in [4.78, 5) is 47.2. The standard InChI is InChI=1S/C41H54FN5O3/c1-41(2,43-3)25-10-15-38(48)46(5)37(29-30-16-20-33(21-17-30)32-12-8-7-9-13-32)40(50)47(6)36(28-31-18-22-34(42)23-19-31)39(49)44-26-24-35-14-11-27-45(35)4/h7-10,12-13,15-23,35-37,43H,11,14,24-29H2,1-6H3,(H,44,49)/b15-10+. The Morgan fingerprint density at radius 1 is 0.900 bits per heavy atom. The van der Waals surface area contributed by atoms with Crippen molar-refractivity contribution in [2.24, 2.45) is 0 Å². The molecule has 9 heteroatoms. The Labute approximate surface area is 297 Å². The Balaban J connectivity index is 1.59. The SMILES string of the molecule is CNC(C)(C)C/C=C/C(=O)N(C)C(Cc1ccc(-c2ccccc2)cc1)C(=O)N(C)C(Cc1ccc(F)cc1)C(=O)NCCC1CCCN1C. The van der Waals surface area contributed by atoms with E-state index in [1.807, 2.05) is 81.6 Å². The molecule has 2 N–H and O–H groups in total. The number of likely N-dealkylation sites (tertiary alicyclic amines) is 1. The van der Waals surface area contributed by atoms with Gasteiger partial charge in [-0.1, -0.05) is 72.8 Å². The van der Waals surface area contributed by atoms with Gasteiger partial charge in [0.2, 0.25) is 17.7 Å². The van der Waals surface area contributed by atoms with Crippen LogP contribution in [-0.4, -0.2) is 97.4 Å². The molecule has 0 saturated carbocycles. The largest absolute Gasteiger partial charge is 0.354 e. The predicted molar refractivity (Wildman–Crippen MR) is 199 cm³/mol. The van der Waals surface area contributed by atoms with E-state index in [4.69, 9.17) is 0 Å². The van der Waals surface area contributed by atoms with Crippen LogP contribution in [0.1, 0.15) is 50.7 Å². The van der Waals surface area contributed by atoms with E-state index in [2.05, 4.69) is 22.6 Å². The average molecular weight is 684 g/mol. The zero-order valence-electron chi connectivity index (χ0n) is 30.5. The van der Waals surface area contributed by atoms with Crippen LogP contribution in [0.5, 0.6) is 0 Å². The fraction of sp³-hybridized carbons (Fsp3) is 0.439. The summed E-state index contributed by atoms with van der Waals surface area (Å²) < 4.78 is 13.8. The Morgan fingerprint density at radius 2 is 1.50 bits per heavy atom. The van der Waals surface area contributed by atoms with Crippen molar-refractivity contribution in [3.05, 3.63) is 108 Å². The van der Waals surface area contributed by atoms with Crippen LogP contribution in [-0.2, 0) is 27.2 Å². The lowest BCUT2D eigenvalue weighted by molar-refractivity contribution is -0.146. The van der Waals surface area contributed by atoms with Crippen LogP contribution in [0.15, 0.2) is 91.0 Å². The highest BCUT2D eigenvalue weighted by Crippen LogP contribution is 2.22. The van der Waals surface area contributed by atoms with Crippen molar-refractivity contribution in [1.29, 1.82) is 0 Å². The Bertz CT molecular complexity index is 1580. The fourth-order valence-corrected chi connectivity index (χ4v) is 6.37. The monoisotopic (exact) mass is 683 g/mol. The van der Waals surface area contributed by atoms with Gasteiger partial charge in [0.15, 0.2) is 0 Å². The summed E-state index contributed by atoms with van der Waals surface area (Å²) in [6, 6.07) is 22.7. The molecule has 3 atom stereocenters. The molecule has 1 heterocycles. The van der Waals surface area contributed by atoms with Gasteiger partial charge in [-0.25, -0.2) is 4.39 Å². The number of nitrogens with one attached hydrogen (secondary N) is 2. The van der Waals surface area contributed by atoms with Gasteiger partial charge in [0.1, 0.15) is 17.9 Å². The number of nitrogens with zero attached hydrogens (tertiary/aromatic N) is 3. The number of rotatable bonds is 16. The molecule has 8 nitrogen and oxygen atoms in total. The molecule has 268 valence electrons. The van der Waals surface area contributed by atoms with Gasteiger partial charge in [-0.15, -0.1) is 0 Å². The molecule has 1 fully saturated rings. The van der Waals surface area contributed by atoms with Gasteiger partial charge in [0.05, 0.1) is 0 Å². The molecule has 3 amide bonds. The van der Waals surface area contributed by atoms with Gasteiger partial charge in [-0.05, 0) is 101 Å². The minimum atomic E-state index is -0.882. The summed E-state index contributed by atoms with van der Waals surface area (Å²) in [7, 11) is 7.24. The lowest BCUT2D eigenvalue weighted by Gasteiger charge is -2.34. The maximum absolute atomic E-state index is 14.5. The molecule has 0 spiro atoms. The predicted octanol–water partition coefficient (Wildman–Crippen LogP) is 5.48. The molecule has 3 aromatic rings. The Kier molecular flexibility index (Phi) is 13.9. The number of amides is 3. The summed E-state index contributed by atoms with van der Waals surface area (Å²) in [5.41, 5.74) is 3.56. The minimum absolute atomic E-state index is 0.195. The molecule has 4 rings (SSSR count). The third-order valence-electron chi connectivity index (χ3n) is 10.1. The van der Waals surface area contributed by atoms with Crippen molar-refractivity contribution in [2.75, 3.05) is 41.3 Å². The van der Waals surface area contributed by atoms with Crippen molar-refractivity contribution >= 4 is 17.7 Å². The summed E-state index contributed by atoms with van der Waals surface area (Å²) in [6.45, 7) is 5.63. The molecular weight excluding hydrogens is 629 g/mol. The quantitative estimate of drug-likeness (QED) is 0.196. The molecule has 3 aromatic carbocycles. The minimum Gasteiger partial charge on any atom is -0.354 e. The number of carbonyl (C=O) groups is 3. The van der Waals surface area contributed by atoms with Gasteiger partial charge < -0.3 is 25.3 Å². The van der Waals surface area contributed by atoms with Gasteiger partial charge in [0.25, 0.3) is 0 Å².